The van der Waals surface area contributed by atoms with E-state index in [1.165, 1.54) is 0 Å². The van der Waals surface area contributed by atoms with Gasteiger partial charge >= 0.3 is 0 Å². The fourth-order valence-corrected chi connectivity index (χ4v) is 3.70. The van der Waals surface area contributed by atoms with Gasteiger partial charge in [-0.2, -0.15) is 0 Å². The molecule has 0 aromatic carbocycles. The molecule has 2 aromatic heterocycles. The Bertz CT molecular complexity index is 625. The number of fused-ring (bicyclic) bond motifs is 1. The fourth-order valence-electron chi connectivity index (χ4n) is 2.61. The SMILES string of the molecule is CN1CCN(Cc2nc(Cl)c3ccsc3n2)CC1(C)C. The van der Waals surface area contributed by atoms with Crippen molar-refractivity contribution in [3.05, 3.63) is 22.4 Å². The average molecular weight is 311 g/mol. The van der Waals surface area contributed by atoms with Crippen molar-refractivity contribution in [2.45, 2.75) is 25.9 Å². The number of nitrogens with zero attached hydrogens (tertiary/aromatic N) is 4. The molecule has 3 rings (SSSR count). The molecular weight excluding hydrogens is 292 g/mol. The van der Waals surface area contributed by atoms with E-state index >= 15 is 0 Å². The predicted molar refractivity (Wildman–Crippen MR) is 84.4 cm³/mol. The van der Waals surface area contributed by atoms with Crippen molar-refractivity contribution in [1.82, 2.24) is 19.8 Å². The molecule has 1 saturated heterocycles. The lowest BCUT2D eigenvalue weighted by molar-refractivity contribution is 0.0348. The van der Waals surface area contributed by atoms with Gasteiger partial charge in [-0.15, -0.1) is 11.3 Å². The van der Waals surface area contributed by atoms with E-state index in [0.29, 0.717) is 5.15 Å². The first-order valence-corrected chi connectivity index (χ1v) is 8.05. The standard InChI is InChI=1S/C14H19ClN4S/c1-14(2)9-19(6-5-18(14)3)8-11-16-12(15)10-4-7-20-13(10)17-11/h4,7H,5-6,8-9H2,1-3H3. The van der Waals surface area contributed by atoms with E-state index in [-0.39, 0.29) is 5.54 Å². The summed E-state index contributed by atoms with van der Waals surface area (Å²) in [6.07, 6.45) is 0. The van der Waals surface area contributed by atoms with Gasteiger partial charge in [0.05, 0.1) is 6.54 Å². The van der Waals surface area contributed by atoms with Gasteiger partial charge in [0, 0.05) is 30.6 Å². The maximum atomic E-state index is 6.23. The monoisotopic (exact) mass is 310 g/mol. The molecule has 0 unspecified atom stereocenters. The van der Waals surface area contributed by atoms with Gasteiger partial charge in [0.15, 0.2) is 0 Å². The maximum absolute atomic E-state index is 6.23. The van der Waals surface area contributed by atoms with Crippen LogP contribution in [-0.4, -0.2) is 52.0 Å². The quantitative estimate of drug-likeness (QED) is 0.798. The molecule has 1 fully saturated rings. The van der Waals surface area contributed by atoms with Crippen LogP contribution >= 0.6 is 22.9 Å². The number of rotatable bonds is 2. The second kappa shape index (κ2) is 5.22. The summed E-state index contributed by atoms with van der Waals surface area (Å²) in [6, 6.07) is 1.98. The summed E-state index contributed by atoms with van der Waals surface area (Å²) in [6.45, 7) is 8.45. The number of likely N-dealkylation sites (N-methyl/N-ethyl adjacent to an activating group) is 1. The van der Waals surface area contributed by atoms with Gasteiger partial charge < -0.3 is 0 Å². The van der Waals surface area contributed by atoms with Gasteiger partial charge in [-0.1, -0.05) is 11.6 Å². The Hall–Kier alpha value is -0.750. The van der Waals surface area contributed by atoms with Crippen LogP contribution in [-0.2, 0) is 6.54 Å². The Morgan fingerprint density at radius 3 is 2.90 bits per heavy atom. The topological polar surface area (TPSA) is 32.3 Å². The van der Waals surface area contributed by atoms with Crippen molar-refractivity contribution >= 4 is 33.2 Å². The Labute approximate surface area is 128 Å². The van der Waals surface area contributed by atoms with Crippen LogP contribution in [0.1, 0.15) is 19.7 Å². The highest BCUT2D eigenvalue weighted by molar-refractivity contribution is 7.16. The summed E-state index contributed by atoms with van der Waals surface area (Å²) in [4.78, 5) is 14.9. The minimum atomic E-state index is 0.190. The molecule has 108 valence electrons. The minimum Gasteiger partial charge on any atom is -0.299 e. The van der Waals surface area contributed by atoms with Crippen molar-refractivity contribution < 1.29 is 0 Å². The third kappa shape index (κ3) is 2.68. The molecule has 1 aliphatic heterocycles. The van der Waals surface area contributed by atoms with Crippen LogP contribution in [0.25, 0.3) is 10.2 Å². The van der Waals surface area contributed by atoms with E-state index in [4.69, 9.17) is 11.6 Å². The van der Waals surface area contributed by atoms with Crippen LogP contribution in [0.15, 0.2) is 11.4 Å². The number of aromatic nitrogens is 2. The number of hydrogen-bond acceptors (Lipinski definition) is 5. The Kier molecular flexibility index (Phi) is 3.71. The Morgan fingerprint density at radius 2 is 2.15 bits per heavy atom. The number of piperazine rings is 1. The fraction of sp³-hybridized carbons (Fsp3) is 0.571. The molecule has 2 aromatic rings. The van der Waals surface area contributed by atoms with Gasteiger partial charge in [-0.05, 0) is 32.3 Å². The number of hydrogen-bond donors (Lipinski definition) is 0. The van der Waals surface area contributed by atoms with Gasteiger partial charge in [0.25, 0.3) is 0 Å². The van der Waals surface area contributed by atoms with Crippen LogP contribution in [0.2, 0.25) is 5.15 Å². The lowest BCUT2D eigenvalue weighted by Crippen LogP contribution is -2.57. The van der Waals surface area contributed by atoms with Crippen molar-refractivity contribution in [1.29, 1.82) is 0 Å². The largest absolute Gasteiger partial charge is 0.299 e. The van der Waals surface area contributed by atoms with Crippen molar-refractivity contribution in [2.75, 3.05) is 26.7 Å². The molecule has 0 radical (unpaired) electrons. The molecular formula is C14H19ClN4S. The smallest absolute Gasteiger partial charge is 0.145 e. The Morgan fingerprint density at radius 1 is 1.35 bits per heavy atom. The average Bonchev–Trinajstić information content (AvgIpc) is 2.82. The highest BCUT2D eigenvalue weighted by Gasteiger charge is 2.31. The summed E-state index contributed by atoms with van der Waals surface area (Å²) in [5.41, 5.74) is 0.190. The van der Waals surface area contributed by atoms with E-state index in [1.807, 2.05) is 11.4 Å². The van der Waals surface area contributed by atoms with Gasteiger partial charge in [-0.3, -0.25) is 9.80 Å². The molecule has 3 heterocycles. The third-order valence-electron chi connectivity index (χ3n) is 4.09. The molecule has 0 saturated carbocycles. The lowest BCUT2D eigenvalue weighted by atomic mass is 10.00. The van der Waals surface area contributed by atoms with Crippen molar-refractivity contribution in [3.8, 4) is 0 Å². The van der Waals surface area contributed by atoms with Gasteiger partial charge in [0.2, 0.25) is 0 Å². The number of halogens is 1. The number of thiophene rings is 1. The minimum absolute atomic E-state index is 0.190. The van der Waals surface area contributed by atoms with E-state index in [0.717, 1.165) is 42.2 Å². The van der Waals surface area contributed by atoms with Crippen LogP contribution in [0, 0.1) is 0 Å². The van der Waals surface area contributed by atoms with E-state index in [2.05, 4.69) is 40.7 Å². The molecule has 6 heteroatoms. The zero-order chi connectivity index (χ0) is 14.3. The zero-order valence-electron chi connectivity index (χ0n) is 12.1. The molecule has 0 atom stereocenters. The Balaban J connectivity index is 1.79. The van der Waals surface area contributed by atoms with E-state index in [1.54, 1.807) is 11.3 Å². The first-order chi connectivity index (χ1) is 9.45. The summed E-state index contributed by atoms with van der Waals surface area (Å²) in [5, 5.41) is 3.53. The van der Waals surface area contributed by atoms with Crippen LogP contribution in [0.5, 0.6) is 0 Å². The summed E-state index contributed by atoms with van der Waals surface area (Å²) >= 11 is 7.84. The van der Waals surface area contributed by atoms with Crippen LogP contribution in [0.4, 0.5) is 0 Å². The van der Waals surface area contributed by atoms with Gasteiger partial charge in [0.1, 0.15) is 15.8 Å². The van der Waals surface area contributed by atoms with E-state index in [9.17, 15) is 0 Å². The summed E-state index contributed by atoms with van der Waals surface area (Å²) < 4.78 is 0. The van der Waals surface area contributed by atoms with Crippen LogP contribution in [0.3, 0.4) is 0 Å². The first kappa shape index (κ1) is 14.2. The predicted octanol–water partition coefficient (Wildman–Crippen LogP) is 2.87. The molecule has 0 N–H and O–H groups in total. The van der Waals surface area contributed by atoms with Gasteiger partial charge in [-0.25, -0.2) is 9.97 Å². The molecule has 1 aliphatic rings. The first-order valence-electron chi connectivity index (χ1n) is 6.79. The molecule has 0 bridgehead atoms. The van der Waals surface area contributed by atoms with E-state index < -0.39 is 0 Å². The molecule has 0 amide bonds. The molecule has 0 spiro atoms. The van der Waals surface area contributed by atoms with Crippen molar-refractivity contribution in [3.63, 3.8) is 0 Å². The maximum Gasteiger partial charge on any atom is 0.145 e. The third-order valence-corrected chi connectivity index (χ3v) is 5.18. The second-order valence-corrected chi connectivity index (χ2v) is 7.27. The molecule has 20 heavy (non-hydrogen) atoms. The molecule has 4 nitrogen and oxygen atoms in total. The summed E-state index contributed by atoms with van der Waals surface area (Å²) in [7, 11) is 2.18. The second-order valence-electron chi connectivity index (χ2n) is 6.01. The van der Waals surface area contributed by atoms with Crippen LogP contribution < -0.4 is 0 Å². The normalized spacial score (nSPS) is 20.6. The summed E-state index contributed by atoms with van der Waals surface area (Å²) in [5.74, 6) is 0.824. The highest BCUT2D eigenvalue weighted by atomic mass is 35.5. The molecule has 0 aliphatic carbocycles. The highest BCUT2D eigenvalue weighted by Crippen LogP contribution is 2.26. The zero-order valence-corrected chi connectivity index (χ0v) is 13.6. The van der Waals surface area contributed by atoms with Crippen molar-refractivity contribution in [2.24, 2.45) is 0 Å². The lowest BCUT2D eigenvalue weighted by Gasteiger charge is -2.45.